The van der Waals surface area contributed by atoms with E-state index in [-0.39, 0.29) is 16.6 Å². The van der Waals surface area contributed by atoms with Gasteiger partial charge in [-0.25, -0.2) is 9.97 Å². The number of rotatable bonds is 2. The van der Waals surface area contributed by atoms with Gasteiger partial charge in [0.05, 0.1) is 0 Å². The summed E-state index contributed by atoms with van der Waals surface area (Å²) in [5, 5.41) is 2.90. The van der Waals surface area contributed by atoms with Crippen LogP contribution in [0.5, 0.6) is 0 Å². The zero-order valence-electron chi connectivity index (χ0n) is 9.23. The first-order chi connectivity index (χ1) is 8.86. The van der Waals surface area contributed by atoms with Crippen molar-refractivity contribution < 1.29 is 18.0 Å². The Labute approximate surface area is 109 Å². The number of alkyl halides is 3. The second kappa shape index (κ2) is 4.84. The van der Waals surface area contributed by atoms with E-state index < -0.39 is 17.8 Å². The number of amides is 1. The van der Waals surface area contributed by atoms with E-state index in [0.717, 1.165) is 5.38 Å². The number of hydrogen-bond donors (Lipinski definition) is 2. The number of hydrogen-bond acceptors (Lipinski definition) is 5. The van der Waals surface area contributed by atoms with Gasteiger partial charge in [-0.2, -0.15) is 13.2 Å². The number of halogens is 3. The minimum absolute atomic E-state index is 0.00348. The van der Waals surface area contributed by atoms with E-state index in [2.05, 4.69) is 15.3 Å². The Hall–Kier alpha value is -2.16. The molecule has 2 rings (SSSR count). The fraction of sp³-hybridized carbons (Fsp3) is 0.100. The highest BCUT2D eigenvalue weighted by molar-refractivity contribution is 7.14. The number of thiazole rings is 1. The Morgan fingerprint density at radius 2 is 2.05 bits per heavy atom. The fourth-order valence-corrected chi connectivity index (χ4v) is 1.91. The summed E-state index contributed by atoms with van der Waals surface area (Å²) in [6.07, 6.45) is -4.53. The van der Waals surface area contributed by atoms with Crippen LogP contribution in [-0.2, 0) is 6.18 Å². The van der Waals surface area contributed by atoms with Crippen molar-refractivity contribution in [3.63, 3.8) is 0 Å². The van der Waals surface area contributed by atoms with Crippen molar-refractivity contribution in [1.82, 2.24) is 9.97 Å². The summed E-state index contributed by atoms with van der Waals surface area (Å²) in [5.74, 6) is -0.529. The second-order valence-corrected chi connectivity index (χ2v) is 4.30. The van der Waals surface area contributed by atoms with Crippen LogP contribution in [0.4, 0.5) is 24.1 Å². The molecule has 5 nitrogen and oxygen atoms in total. The molecule has 19 heavy (non-hydrogen) atoms. The Morgan fingerprint density at radius 3 is 2.63 bits per heavy atom. The van der Waals surface area contributed by atoms with Gasteiger partial charge in [0.25, 0.3) is 5.91 Å². The van der Waals surface area contributed by atoms with Crippen LogP contribution in [0.2, 0.25) is 0 Å². The largest absolute Gasteiger partial charge is 0.434 e. The van der Waals surface area contributed by atoms with Gasteiger partial charge in [-0.05, 0) is 12.1 Å². The lowest BCUT2D eigenvalue weighted by Gasteiger charge is -2.02. The summed E-state index contributed by atoms with van der Waals surface area (Å²) < 4.78 is 37.0. The Kier molecular flexibility index (Phi) is 3.38. The molecular weight excluding hydrogens is 281 g/mol. The molecule has 2 aromatic rings. The Bertz CT molecular complexity index is 611. The topological polar surface area (TPSA) is 80.9 Å². The minimum Gasteiger partial charge on any atom is -0.384 e. The smallest absolute Gasteiger partial charge is 0.384 e. The van der Waals surface area contributed by atoms with E-state index in [1.807, 2.05) is 0 Å². The summed E-state index contributed by atoms with van der Waals surface area (Å²) >= 11 is 0.682. The maximum absolute atomic E-state index is 12.3. The monoisotopic (exact) mass is 288 g/mol. The summed E-state index contributed by atoms with van der Waals surface area (Å²) in [6, 6.07) is 4.39. The predicted molar refractivity (Wildman–Crippen MR) is 63.7 cm³/mol. The van der Waals surface area contributed by atoms with Gasteiger partial charge in [-0.3, -0.25) is 10.1 Å². The molecule has 0 aliphatic rings. The van der Waals surface area contributed by atoms with Gasteiger partial charge in [0.2, 0.25) is 0 Å². The number of nitrogens with two attached hydrogens (primary N) is 1. The molecule has 100 valence electrons. The SMILES string of the molecule is Nc1cccc(C(=O)Nc2nc(C(F)(F)F)cs2)n1. The number of aromatic nitrogens is 2. The number of nitrogens with one attached hydrogen (secondary N) is 1. The van der Waals surface area contributed by atoms with Crippen LogP contribution in [0.15, 0.2) is 23.6 Å². The average molecular weight is 288 g/mol. The van der Waals surface area contributed by atoms with Crippen molar-refractivity contribution in [2.75, 3.05) is 11.1 Å². The van der Waals surface area contributed by atoms with Crippen LogP contribution in [-0.4, -0.2) is 15.9 Å². The molecule has 0 saturated carbocycles. The molecular formula is C10H7F3N4OS. The first-order valence-electron chi connectivity index (χ1n) is 4.93. The van der Waals surface area contributed by atoms with Crippen LogP contribution in [0.1, 0.15) is 16.2 Å². The van der Waals surface area contributed by atoms with Crippen LogP contribution >= 0.6 is 11.3 Å². The van der Waals surface area contributed by atoms with Crippen molar-refractivity contribution in [1.29, 1.82) is 0 Å². The van der Waals surface area contributed by atoms with Crippen LogP contribution in [0, 0.1) is 0 Å². The number of carbonyl (C=O) groups excluding carboxylic acids is 1. The molecule has 2 heterocycles. The third-order valence-electron chi connectivity index (χ3n) is 2.02. The van der Waals surface area contributed by atoms with Gasteiger partial charge in [-0.15, -0.1) is 11.3 Å². The maximum Gasteiger partial charge on any atom is 0.434 e. The van der Waals surface area contributed by atoms with Crippen molar-refractivity contribution in [2.45, 2.75) is 6.18 Å². The lowest BCUT2D eigenvalue weighted by Crippen LogP contribution is -2.14. The Balaban J connectivity index is 2.13. The van der Waals surface area contributed by atoms with Crippen LogP contribution in [0.25, 0.3) is 0 Å². The number of nitrogen functional groups attached to an aromatic ring is 1. The standard InChI is InChI=1S/C10H7F3N4OS/c11-10(12,13)6-4-19-9(16-6)17-8(18)5-2-1-3-7(14)15-5/h1-4H,(H2,14,15)(H,16,17,18). The molecule has 0 aliphatic heterocycles. The third-order valence-corrected chi connectivity index (χ3v) is 2.78. The Morgan fingerprint density at radius 1 is 1.32 bits per heavy atom. The van der Waals surface area contributed by atoms with Crippen molar-refractivity contribution in [3.8, 4) is 0 Å². The van der Waals surface area contributed by atoms with E-state index in [4.69, 9.17) is 5.73 Å². The molecule has 3 N–H and O–H groups in total. The second-order valence-electron chi connectivity index (χ2n) is 3.44. The molecule has 2 aromatic heterocycles. The average Bonchev–Trinajstić information content (AvgIpc) is 2.77. The summed E-state index contributed by atoms with van der Waals surface area (Å²) in [4.78, 5) is 18.7. The fourth-order valence-electron chi connectivity index (χ4n) is 1.20. The van der Waals surface area contributed by atoms with Gasteiger partial charge in [-0.1, -0.05) is 6.07 Å². The molecule has 9 heteroatoms. The van der Waals surface area contributed by atoms with E-state index in [1.54, 1.807) is 0 Å². The summed E-state index contributed by atoms with van der Waals surface area (Å²) in [5.41, 5.74) is 4.35. The molecule has 0 saturated heterocycles. The van der Waals surface area contributed by atoms with E-state index in [1.165, 1.54) is 18.2 Å². The highest BCUT2D eigenvalue weighted by Crippen LogP contribution is 2.31. The highest BCUT2D eigenvalue weighted by atomic mass is 32.1. The number of pyridine rings is 1. The van der Waals surface area contributed by atoms with E-state index in [0.29, 0.717) is 11.3 Å². The summed E-state index contributed by atoms with van der Waals surface area (Å²) in [7, 11) is 0. The van der Waals surface area contributed by atoms with Crippen molar-refractivity contribution in [3.05, 3.63) is 35.0 Å². The molecule has 0 unspecified atom stereocenters. The minimum atomic E-state index is -4.53. The van der Waals surface area contributed by atoms with Crippen LogP contribution in [0.3, 0.4) is 0 Å². The summed E-state index contributed by atoms with van der Waals surface area (Å²) in [6.45, 7) is 0. The first-order valence-corrected chi connectivity index (χ1v) is 5.81. The molecule has 0 atom stereocenters. The van der Waals surface area contributed by atoms with Gasteiger partial charge >= 0.3 is 6.18 Å². The highest BCUT2D eigenvalue weighted by Gasteiger charge is 2.33. The molecule has 1 amide bonds. The predicted octanol–water partition coefficient (Wildman–Crippen LogP) is 2.39. The number of carbonyl (C=O) groups is 1. The lowest BCUT2D eigenvalue weighted by molar-refractivity contribution is -0.140. The van der Waals surface area contributed by atoms with Gasteiger partial charge in [0.15, 0.2) is 10.8 Å². The molecule has 0 spiro atoms. The van der Waals surface area contributed by atoms with E-state index in [9.17, 15) is 18.0 Å². The zero-order valence-corrected chi connectivity index (χ0v) is 10.0. The van der Waals surface area contributed by atoms with Gasteiger partial charge in [0, 0.05) is 5.38 Å². The molecule has 0 fully saturated rings. The normalized spacial score (nSPS) is 11.3. The maximum atomic E-state index is 12.3. The quantitative estimate of drug-likeness (QED) is 0.889. The molecule has 0 aromatic carbocycles. The number of anilines is 2. The van der Waals surface area contributed by atoms with Gasteiger partial charge in [0.1, 0.15) is 11.5 Å². The number of nitrogens with zero attached hydrogens (tertiary/aromatic N) is 2. The lowest BCUT2D eigenvalue weighted by atomic mass is 10.3. The zero-order chi connectivity index (χ0) is 14.0. The van der Waals surface area contributed by atoms with Crippen molar-refractivity contribution in [2.24, 2.45) is 0 Å². The third kappa shape index (κ3) is 3.19. The first kappa shape index (κ1) is 13.3. The molecule has 0 radical (unpaired) electrons. The van der Waals surface area contributed by atoms with E-state index >= 15 is 0 Å². The molecule has 0 bridgehead atoms. The van der Waals surface area contributed by atoms with Crippen LogP contribution < -0.4 is 11.1 Å². The van der Waals surface area contributed by atoms with Gasteiger partial charge < -0.3 is 5.73 Å². The van der Waals surface area contributed by atoms with Crippen molar-refractivity contribution >= 4 is 28.2 Å². The molecule has 0 aliphatic carbocycles.